The Hall–Kier alpha value is -2.88. The number of anilines is 1. The van der Waals surface area contributed by atoms with Crippen LogP contribution in [0.3, 0.4) is 0 Å². The van der Waals surface area contributed by atoms with Gasteiger partial charge in [-0.3, -0.25) is 9.59 Å². The van der Waals surface area contributed by atoms with Crippen molar-refractivity contribution >= 4 is 22.5 Å². The third-order valence-corrected chi connectivity index (χ3v) is 4.88. The van der Waals surface area contributed by atoms with E-state index in [1.54, 1.807) is 12.3 Å². The summed E-state index contributed by atoms with van der Waals surface area (Å²) in [6, 6.07) is 13.5. The molecule has 4 nitrogen and oxygen atoms in total. The van der Waals surface area contributed by atoms with Crippen molar-refractivity contribution in [2.75, 3.05) is 5.32 Å². The number of nitrogens with one attached hydrogen (secondary N) is 1. The predicted octanol–water partition coefficient (Wildman–Crippen LogP) is 3.93. The molecule has 0 spiro atoms. The van der Waals surface area contributed by atoms with E-state index >= 15 is 0 Å². The van der Waals surface area contributed by atoms with Gasteiger partial charge in [0.2, 0.25) is 5.43 Å². The van der Waals surface area contributed by atoms with Gasteiger partial charge in [0.25, 0.3) is 5.91 Å². The van der Waals surface area contributed by atoms with Crippen molar-refractivity contribution in [1.29, 1.82) is 0 Å². The maximum Gasteiger partial charge on any atom is 0.261 e. The van der Waals surface area contributed by atoms with E-state index in [2.05, 4.69) is 19.2 Å². The van der Waals surface area contributed by atoms with E-state index in [0.29, 0.717) is 17.0 Å². The molecule has 4 heteroatoms. The molecule has 0 atom stereocenters. The lowest BCUT2D eigenvalue weighted by Crippen LogP contribution is -2.23. The number of hydrogen-bond donors (Lipinski definition) is 1. The number of pyridine rings is 1. The average molecular weight is 332 g/mol. The van der Waals surface area contributed by atoms with Crippen molar-refractivity contribution in [2.45, 2.75) is 32.7 Å². The van der Waals surface area contributed by atoms with E-state index in [0.717, 1.165) is 18.5 Å². The highest BCUT2D eigenvalue weighted by Gasteiger charge is 2.20. The number of rotatable bonds is 3. The number of hydrogen-bond acceptors (Lipinski definition) is 2. The summed E-state index contributed by atoms with van der Waals surface area (Å²) in [4.78, 5) is 25.4. The van der Waals surface area contributed by atoms with Gasteiger partial charge in [0.05, 0.1) is 5.52 Å². The second-order valence-electron chi connectivity index (χ2n) is 6.86. The van der Waals surface area contributed by atoms with E-state index in [1.807, 2.05) is 41.0 Å². The van der Waals surface area contributed by atoms with Crippen LogP contribution in [0.4, 0.5) is 5.69 Å². The molecule has 1 N–H and O–H groups in total. The first-order valence-corrected chi connectivity index (χ1v) is 8.61. The molecule has 0 aliphatic carbocycles. The molecular formula is C21H20N2O2. The maximum absolute atomic E-state index is 12.8. The van der Waals surface area contributed by atoms with Crippen molar-refractivity contribution in [1.82, 2.24) is 4.57 Å². The molecular weight excluding hydrogens is 312 g/mol. The zero-order valence-electron chi connectivity index (χ0n) is 14.4. The van der Waals surface area contributed by atoms with Crippen molar-refractivity contribution in [3.63, 3.8) is 0 Å². The van der Waals surface area contributed by atoms with E-state index < -0.39 is 0 Å². The molecule has 3 aromatic rings. The number of amides is 1. The van der Waals surface area contributed by atoms with Gasteiger partial charge in [-0.15, -0.1) is 0 Å². The summed E-state index contributed by atoms with van der Waals surface area (Å²) in [5.74, 6) is 0.0819. The van der Waals surface area contributed by atoms with Gasteiger partial charge < -0.3 is 9.88 Å². The zero-order chi connectivity index (χ0) is 17.6. The zero-order valence-corrected chi connectivity index (χ0v) is 14.4. The minimum atomic E-state index is -0.356. The first-order chi connectivity index (χ1) is 12.0. The molecule has 0 bridgehead atoms. The number of carbonyl (C=O) groups excluding carboxylic acids is 1. The fourth-order valence-electron chi connectivity index (χ4n) is 3.47. The number of aryl methyl sites for hydroxylation is 2. The van der Waals surface area contributed by atoms with E-state index in [4.69, 9.17) is 0 Å². The Kier molecular flexibility index (Phi) is 3.68. The number of benzene rings is 2. The highest BCUT2D eigenvalue weighted by Crippen LogP contribution is 2.24. The van der Waals surface area contributed by atoms with Crippen molar-refractivity contribution in [3.8, 4) is 0 Å². The predicted molar refractivity (Wildman–Crippen MR) is 100 cm³/mol. The van der Waals surface area contributed by atoms with Crippen LogP contribution in [0.5, 0.6) is 0 Å². The van der Waals surface area contributed by atoms with Crippen LogP contribution in [0.25, 0.3) is 10.9 Å². The number of carbonyl (C=O) groups is 1. The summed E-state index contributed by atoms with van der Waals surface area (Å²) in [6.07, 6.45) is 2.59. The summed E-state index contributed by atoms with van der Waals surface area (Å²) in [7, 11) is 0. The molecule has 1 amide bonds. The van der Waals surface area contributed by atoms with Crippen LogP contribution in [0.2, 0.25) is 0 Å². The molecule has 0 saturated carbocycles. The van der Waals surface area contributed by atoms with E-state index in [9.17, 15) is 9.59 Å². The molecule has 0 saturated heterocycles. The van der Waals surface area contributed by atoms with Crippen molar-refractivity contribution < 1.29 is 4.79 Å². The SMILES string of the molecule is CC(C)c1ccc(NC(=O)c2cn3c4c(cccc4c2=O)CC3)cc1. The Bertz CT molecular complexity index is 1030. The Labute approximate surface area is 146 Å². The Morgan fingerprint density at radius 3 is 2.60 bits per heavy atom. The fourth-order valence-corrected chi connectivity index (χ4v) is 3.47. The van der Waals surface area contributed by atoms with Crippen LogP contribution in [0.15, 0.2) is 53.5 Å². The molecule has 126 valence electrons. The summed E-state index contributed by atoms with van der Waals surface area (Å²) in [5, 5.41) is 3.47. The molecule has 4 rings (SSSR count). The smallest absolute Gasteiger partial charge is 0.261 e. The van der Waals surface area contributed by atoms with Gasteiger partial charge in [-0.25, -0.2) is 0 Å². The molecule has 2 heterocycles. The number of para-hydroxylation sites is 1. The van der Waals surface area contributed by atoms with Gasteiger partial charge in [-0.1, -0.05) is 38.1 Å². The van der Waals surface area contributed by atoms with E-state index in [1.165, 1.54) is 11.1 Å². The second-order valence-corrected chi connectivity index (χ2v) is 6.86. The number of aromatic nitrogens is 1. The molecule has 1 aromatic heterocycles. The van der Waals surface area contributed by atoms with Crippen LogP contribution >= 0.6 is 0 Å². The third-order valence-electron chi connectivity index (χ3n) is 4.88. The summed E-state index contributed by atoms with van der Waals surface area (Å²) < 4.78 is 2.02. The van der Waals surface area contributed by atoms with Gasteiger partial charge in [0, 0.05) is 23.8 Å². The van der Waals surface area contributed by atoms with Crippen LogP contribution in [0, 0.1) is 0 Å². The molecule has 0 radical (unpaired) electrons. The Morgan fingerprint density at radius 2 is 1.88 bits per heavy atom. The first-order valence-electron chi connectivity index (χ1n) is 8.61. The highest BCUT2D eigenvalue weighted by atomic mass is 16.2. The first kappa shape index (κ1) is 15.6. The minimum absolute atomic E-state index is 0.194. The van der Waals surface area contributed by atoms with E-state index in [-0.39, 0.29) is 16.9 Å². The Morgan fingerprint density at radius 1 is 1.12 bits per heavy atom. The normalized spacial score (nSPS) is 12.8. The largest absolute Gasteiger partial charge is 0.346 e. The van der Waals surface area contributed by atoms with Crippen LogP contribution in [-0.2, 0) is 13.0 Å². The molecule has 1 aliphatic rings. The lowest BCUT2D eigenvalue weighted by Gasteiger charge is -2.10. The lowest BCUT2D eigenvalue weighted by atomic mass is 10.0. The van der Waals surface area contributed by atoms with Gasteiger partial charge >= 0.3 is 0 Å². The van der Waals surface area contributed by atoms with Gasteiger partial charge in [0.1, 0.15) is 5.56 Å². The topological polar surface area (TPSA) is 51.1 Å². The standard InChI is InChI=1S/C21H20N2O2/c1-13(2)14-6-8-16(9-7-14)22-21(25)18-12-23-11-10-15-4-3-5-17(19(15)23)20(18)24/h3-9,12-13H,10-11H2,1-2H3,(H,22,25). The van der Waals surface area contributed by atoms with Crippen LogP contribution < -0.4 is 10.7 Å². The molecule has 2 aromatic carbocycles. The highest BCUT2D eigenvalue weighted by molar-refractivity contribution is 6.06. The molecule has 0 unspecified atom stereocenters. The minimum Gasteiger partial charge on any atom is -0.346 e. The molecule has 25 heavy (non-hydrogen) atoms. The Balaban J connectivity index is 1.70. The lowest BCUT2D eigenvalue weighted by molar-refractivity contribution is 0.102. The molecule has 0 fully saturated rings. The molecule has 1 aliphatic heterocycles. The van der Waals surface area contributed by atoms with Crippen molar-refractivity contribution in [2.24, 2.45) is 0 Å². The summed E-state index contributed by atoms with van der Waals surface area (Å²) in [6.45, 7) is 5.06. The summed E-state index contributed by atoms with van der Waals surface area (Å²) >= 11 is 0. The third kappa shape index (κ3) is 2.64. The van der Waals surface area contributed by atoms with Gasteiger partial charge in [-0.05, 0) is 41.7 Å². The monoisotopic (exact) mass is 332 g/mol. The average Bonchev–Trinajstić information content (AvgIpc) is 3.02. The van der Waals surface area contributed by atoms with Crippen LogP contribution in [0.1, 0.15) is 41.3 Å². The van der Waals surface area contributed by atoms with Crippen LogP contribution in [-0.4, -0.2) is 10.5 Å². The van der Waals surface area contributed by atoms with Gasteiger partial charge in [0.15, 0.2) is 0 Å². The number of nitrogens with zero attached hydrogens (tertiary/aromatic N) is 1. The van der Waals surface area contributed by atoms with Crippen molar-refractivity contribution in [3.05, 3.63) is 75.6 Å². The quantitative estimate of drug-likeness (QED) is 0.790. The maximum atomic E-state index is 12.8. The fraction of sp³-hybridized carbons (Fsp3) is 0.238. The second kappa shape index (κ2) is 5.88. The summed E-state index contributed by atoms with van der Waals surface area (Å²) in [5.41, 5.74) is 4.04. The van der Waals surface area contributed by atoms with Gasteiger partial charge in [-0.2, -0.15) is 0 Å².